The number of para-hydroxylation sites is 2. The molecule has 7 nitrogen and oxygen atoms in total. The fourth-order valence-corrected chi connectivity index (χ4v) is 8.75. The third-order valence-electron chi connectivity index (χ3n) is 10.3. The Bertz CT molecular complexity index is 1180. The molecule has 3 unspecified atom stereocenters. The van der Waals surface area contributed by atoms with Gasteiger partial charge in [0.2, 0.25) is 0 Å². The average molecular weight is 518 g/mol. The van der Waals surface area contributed by atoms with Gasteiger partial charge in [0.05, 0.1) is 24.1 Å². The van der Waals surface area contributed by atoms with Crippen molar-refractivity contribution in [1.29, 1.82) is 0 Å². The van der Waals surface area contributed by atoms with Crippen molar-refractivity contribution < 1.29 is 9.90 Å². The van der Waals surface area contributed by atoms with Crippen LogP contribution >= 0.6 is 0 Å². The molecule has 38 heavy (non-hydrogen) atoms. The van der Waals surface area contributed by atoms with Crippen molar-refractivity contribution in [3.63, 3.8) is 0 Å². The summed E-state index contributed by atoms with van der Waals surface area (Å²) in [5.74, 6) is 1.39. The van der Waals surface area contributed by atoms with Crippen molar-refractivity contribution in [2.45, 2.75) is 94.9 Å². The van der Waals surface area contributed by atoms with Crippen molar-refractivity contribution in [2.75, 3.05) is 32.7 Å². The zero-order valence-corrected chi connectivity index (χ0v) is 22.7. The van der Waals surface area contributed by atoms with Gasteiger partial charge in [-0.1, -0.05) is 30.2 Å². The lowest BCUT2D eigenvalue weighted by Gasteiger charge is -2.54. The van der Waals surface area contributed by atoms with Gasteiger partial charge in [0.25, 0.3) is 0 Å². The number of nitrogens with zero attached hydrogens (tertiary/aromatic N) is 5. The highest BCUT2D eigenvalue weighted by molar-refractivity contribution is 5.76. The van der Waals surface area contributed by atoms with Crippen LogP contribution in [0.25, 0.3) is 11.0 Å². The first kappa shape index (κ1) is 24.8. The number of hydrogen-bond donors (Lipinski definition) is 1. The van der Waals surface area contributed by atoms with Crippen LogP contribution in [0, 0.1) is 5.92 Å². The van der Waals surface area contributed by atoms with Crippen LogP contribution in [0.3, 0.4) is 0 Å². The second-order valence-electron chi connectivity index (χ2n) is 12.7. The van der Waals surface area contributed by atoms with Gasteiger partial charge in [0.15, 0.2) is 0 Å². The van der Waals surface area contributed by atoms with Crippen LogP contribution in [0.4, 0.5) is 0 Å². The molecule has 4 fully saturated rings. The van der Waals surface area contributed by atoms with E-state index in [-0.39, 0.29) is 6.54 Å². The lowest BCUT2D eigenvalue weighted by molar-refractivity contribution is -0.138. The maximum absolute atomic E-state index is 11.1. The molecule has 0 amide bonds. The molecule has 1 saturated carbocycles. The van der Waals surface area contributed by atoms with Gasteiger partial charge in [-0.2, -0.15) is 0 Å². The molecule has 5 aliphatic rings. The minimum Gasteiger partial charge on any atom is -0.480 e. The van der Waals surface area contributed by atoms with Crippen molar-refractivity contribution in [1.82, 2.24) is 24.3 Å². The standard InChI is InChI=1S/C31H43N5O2/c37-31(38)21-34-13-11-33(12-14-34)20-30-32-28-9-1-2-10-29(28)36(30)27-18-24-7-4-8-25(19-27)35(24)26-16-22-5-3-6-23(15-22)17-26/h1-2,5,9-10,23-27H,3-4,6-8,11-21H2,(H,37,38)/t23?,24-,25?,26+,27?/m0/s1. The molecule has 3 aliphatic heterocycles. The number of carboxylic acid groups (broad SMARTS) is 1. The Kier molecular flexibility index (Phi) is 6.78. The number of imidazole rings is 1. The number of carbonyl (C=O) groups is 1. The highest BCUT2D eigenvalue weighted by Crippen LogP contribution is 2.46. The first-order valence-corrected chi connectivity index (χ1v) is 15.2. The Morgan fingerprint density at radius 2 is 1.66 bits per heavy atom. The highest BCUT2D eigenvalue weighted by atomic mass is 16.4. The van der Waals surface area contributed by atoms with Gasteiger partial charge in [0, 0.05) is 50.3 Å². The van der Waals surface area contributed by atoms with Gasteiger partial charge in [0.1, 0.15) is 5.82 Å². The number of aliphatic carboxylic acids is 1. The van der Waals surface area contributed by atoms with Crippen LogP contribution in [0.1, 0.15) is 76.1 Å². The topological polar surface area (TPSA) is 64.8 Å². The Balaban J connectivity index is 1.12. The third-order valence-corrected chi connectivity index (χ3v) is 10.3. The molecule has 1 aromatic carbocycles. The van der Waals surface area contributed by atoms with Gasteiger partial charge < -0.3 is 9.67 Å². The molecule has 0 spiro atoms. The van der Waals surface area contributed by atoms with E-state index >= 15 is 0 Å². The Labute approximate surface area is 226 Å². The van der Waals surface area contributed by atoms with E-state index in [2.05, 4.69) is 44.7 Å². The normalized spacial score (nSPS) is 32.8. The van der Waals surface area contributed by atoms with Crippen molar-refractivity contribution in [3.05, 3.63) is 41.7 Å². The van der Waals surface area contributed by atoms with E-state index in [0.717, 1.165) is 50.2 Å². The zero-order valence-electron chi connectivity index (χ0n) is 22.7. The van der Waals surface area contributed by atoms with Crippen molar-refractivity contribution in [2.24, 2.45) is 5.92 Å². The van der Waals surface area contributed by atoms with Gasteiger partial charge in [-0.15, -0.1) is 0 Å². The largest absolute Gasteiger partial charge is 0.480 e. The number of allylic oxidation sites excluding steroid dienone is 1. The SMILES string of the molecule is O=C(O)CN1CCN(Cc2nc3ccccc3n2C2CC3CCC[C@@H](C2)N3[C@@H]2CC3=CCCC(C3)C2)CC1. The summed E-state index contributed by atoms with van der Waals surface area (Å²) in [6, 6.07) is 11.4. The number of benzene rings is 1. The summed E-state index contributed by atoms with van der Waals surface area (Å²) in [6.07, 6.45) is 16.0. The second-order valence-corrected chi connectivity index (χ2v) is 12.7. The lowest BCUT2D eigenvalue weighted by atomic mass is 9.72. The second kappa shape index (κ2) is 10.4. The first-order chi connectivity index (χ1) is 18.6. The molecule has 4 heterocycles. The van der Waals surface area contributed by atoms with E-state index in [4.69, 9.17) is 10.1 Å². The zero-order chi connectivity index (χ0) is 25.6. The summed E-state index contributed by atoms with van der Waals surface area (Å²) >= 11 is 0. The predicted octanol–water partition coefficient (Wildman–Crippen LogP) is 4.69. The van der Waals surface area contributed by atoms with Gasteiger partial charge in [-0.3, -0.25) is 19.5 Å². The maximum atomic E-state index is 11.1. The lowest BCUT2D eigenvalue weighted by Crippen LogP contribution is -2.57. The molecular weight excluding hydrogens is 474 g/mol. The van der Waals surface area contributed by atoms with E-state index in [1.54, 1.807) is 5.57 Å². The molecule has 7 heteroatoms. The van der Waals surface area contributed by atoms with Crippen LogP contribution in [-0.4, -0.2) is 86.2 Å². The van der Waals surface area contributed by atoms with E-state index in [1.807, 2.05) is 4.90 Å². The van der Waals surface area contributed by atoms with E-state index in [1.165, 1.54) is 75.5 Å². The predicted molar refractivity (Wildman–Crippen MR) is 149 cm³/mol. The number of hydrogen-bond acceptors (Lipinski definition) is 5. The van der Waals surface area contributed by atoms with Crippen LogP contribution in [0.2, 0.25) is 0 Å². The van der Waals surface area contributed by atoms with Crippen molar-refractivity contribution in [3.8, 4) is 0 Å². The van der Waals surface area contributed by atoms with Gasteiger partial charge in [-0.25, -0.2) is 4.98 Å². The number of carboxylic acids is 1. The van der Waals surface area contributed by atoms with Crippen LogP contribution in [0.5, 0.6) is 0 Å². The quantitative estimate of drug-likeness (QED) is 0.561. The summed E-state index contributed by atoms with van der Waals surface area (Å²) in [5, 5.41) is 9.16. The first-order valence-electron chi connectivity index (χ1n) is 15.2. The van der Waals surface area contributed by atoms with Crippen LogP contribution in [0.15, 0.2) is 35.9 Å². The van der Waals surface area contributed by atoms with Crippen molar-refractivity contribution >= 4 is 17.0 Å². The van der Waals surface area contributed by atoms with Crippen LogP contribution < -0.4 is 0 Å². The molecule has 4 bridgehead atoms. The van der Waals surface area contributed by atoms with Gasteiger partial charge >= 0.3 is 5.97 Å². The van der Waals surface area contributed by atoms with Crippen LogP contribution in [-0.2, 0) is 11.3 Å². The number of piperidine rings is 2. The Morgan fingerprint density at radius 3 is 2.42 bits per heavy atom. The summed E-state index contributed by atoms with van der Waals surface area (Å²) in [7, 11) is 0. The van der Waals surface area contributed by atoms with E-state index in [0.29, 0.717) is 18.1 Å². The summed E-state index contributed by atoms with van der Waals surface area (Å²) in [6.45, 7) is 4.43. The fourth-order valence-electron chi connectivity index (χ4n) is 8.75. The number of aromatic nitrogens is 2. The molecule has 3 saturated heterocycles. The number of piperazine rings is 1. The molecule has 2 aromatic rings. The molecular formula is C31H43N5O2. The third kappa shape index (κ3) is 4.82. The summed E-state index contributed by atoms with van der Waals surface area (Å²) in [5.41, 5.74) is 4.16. The minimum atomic E-state index is -0.731. The highest BCUT2D eigenvalue weighted by Gasteiger charge is 2.44. The van der Waals surface area contributed by atoms with Gasteiger partial charge in [-0.05, 0) is 75.8 Å². The van der Waals surface area contributed by atoms with E-state index in [9.17, 15) is 4.79 Å². The number of fused-ring (bicyclic) bond motifs is 5. The Morgan fingerprint density at radius 1 is 0.895 bits per heavy atom. The monoisotopic (exact) mass is 517 g/mol. The van der Waals surface area contributed by atoms with E-state index < -0.39 is 5.97 Å². The smallest absolute Gasteiger partial charge is 0.317 e. The molecule has 204 valence electrons. The molecule has 7 rings (SSSR count). The number of rotatable bonds is 6. The molecule has 0 radical (unpaired) electrons. The minimum absolute atomic E-state index is 0.146. The summed E-state index contributed by atoms with van der Waals surface area (Å²) in [4.78, 5) is 23.9. The molecule has 1 aromatic heterocycles. The maximum Gasteiger partial charge on any atom is 0.317 e. The fraction of sp³-hybridized carbons (Fsp3) is 0.677. The molecule has 1 N–H and O–H groups in total. The summed E-state index contributed by atoms with van der Waals surface area (Å²) < 4.78 is 2.62. The molecule has 5 atom stereocenters. The Hall–Kier alpha value is -2.22. The molecule has 2 aliphatic carbocycles. The average Bonchev–Trinajstić information content (AvgIpc) is 3.26.